The van der Waals surface area contributed by atoms with E-state index in [2.05, 4.69) is 0 Å². The summed E-state index contributed by atoms with van der Waals surface area (Å²) in [4.78, 5) is 20.7. The molecule has 14 heavy (non-hydrogen) atoms. The molecule has 0 bridgehead atoms. The molecule has 0 aliphatic carbocycles. The Kier molecular flexibility index (Phi) is 3.85. The molecule has 0 spiro atoms. The standard InChI is InChI=1S/C11H12O3/c1-9(13)14-11-6-4-10(5-7-11)3-2-8-12/h4-8H,2-3H2,1H3. The lowest BCUT2D eigenvalue weighted by molar-refractivity contribution is -0.131. The van der Waals surface area contributed by atoms with Crippen molar-refractivity contribution in [3.05, 3.63) is 29.8 Å². The van der Waals surface area contributed by atoms with Gasteiger partial charge in [-0.3, -0.25) is 4.79 Å². The van der Waals surface area contributed by atoms with Crippen molar-refractivity contribution < 1.29 is 14.3 Å². The molecule has 1 aromatic rings. The van der Waals surface area contributed by atoms with Gasteiger partial charge in [0.05, 0.1) is 0 Å². The summed E-state index contributed by atoms with van der Waals surface area (Å²) >= 11 is 0. The van der Waals surface area contributed by atoms with Crippen LogP contribution in [0.5, 0.6) is 5.75 Å². The molecule has 3 nitrogen and oxygen atoms in total. The highest BCUT2D eigenvalue weighted by Crippen LogP contribution is 2.13. The summed E-state index contributed by atoms with van der Waals surface area (Å²) in [6, 6.07) is 7.15. The average molecular weight is 192 g/mol. The molecule has 0 aliphatic rings. The van der Waals surface area contributed by atoms with Gasteiger partial charge in [0.1, 0.15) is 12.0 Å². The van der Waals surface area contributed by atoms with Gasteiger partial charge in [-0.1, -0.05) is 12.1 Å². The third-order valence-electron chi connectivity index (χ3n) is 1.74. The third-order valence-corrected chi connectivity index (χ3v) is 1.74. The fourth-order valence-electron chi connectivity index (χ4n) is 1.12. The van der Waals surface area contributed by atoms with E-state index in [0.29, 0.717) is 12.2 Å². The summed E-state index contributed by atoms with van der Waals surface area (Å²) in [6.45, 7) is 1.36. The van der Waals surface area contributed by atoms with Gasteiger partial charge in [-0.25, -0.2) is 0 Å². The van der Waals surface area contributed by atoms with Gasteiger partial charge >= 0.3 is 5.97 Å². The Labute approximate surface area is 82.7 Å². The highest BCUT2D eigenvalue weighted by atomic mass is 16.5. The van der Waals surface area contributed by atoms with E-state index in [1.807, 2.05) is 12.1 Å². The Hall–Kier alpha value is -1.64. The van der Waals surface area contributed by atoms with Gasteiger partial charge in [0.2, 0.25) is 0 Å². The van der Waals surface area contributed by atoms with Crippen molar-refractivity contribution in [2.75, 3.05) is 0 Å². The van der Waals surface area contributed by atoms with Crippen LogP contribution in [0.2, 0.25) is 0 Å². The van der Waals surface area contributed by atoms with E-state index >= 15 is 0 Å². The topological polar surface area (TPSA) is 43.4 Å². The fraction of sp³-hybridized carbons (Fsp3) is 0.273. The van der Waals surface area contributed by atoms with Gasteiger partial charge in [0.15, 0.2) is 0 Å². The van der Waals surface area contributed by atoms with E-state index in [1.165, 1.54) is 6.92 Å². The number of esters is 1. The van der Waals surface area contributed by atoms with Crippen molar-refractivity contribution in [1.82, 2.24) is 0 Å². The Morgan fingerprint density at radius 3 is 2.50 bits per heavy atom. The summed E-state index contributed by atoms with van der Waals surface area (Å²) in [5, 5.41) is 0. The number of carbonyl (C=O) groups excluding carboxylic acids is 2. The van der Waals surface area contributed by atoms with Gasteiger partial charge in [-0.2, -0.15) is 0 Å². The zero-order valence-electron chi connectivity index (χ0n) is 8.03. The molecule has 0 radical (unpaired) electrons. The number of ether oxygens (including phenoxy) is 1. The highest BCUT2D eigenvalue weighted by Gasteiger charge is 1.97. The van der Waals surface area contributed by atoms with E-state index in [0.717, 1.165) is 18.3 Å². The molecule has 74 valence electrons. The molecule has 0 amide bonds. The molecular formula is C11H12O3. The summed E-state index contributed by atoms with van der Waals surface area (Å²) in [6.07, 6.45) is 2.14. The van der Waals surface area contributed by atoms with Crippen LogP contribution in [0.15, 0.2) is 24.3 Å². The van der Waals surface area contributed by atoms with Crippen molar-refractivity contribution >= 4 is 12.3 Å². The first-order valence-corrected chi connectivity index (χ1v) is 4.43. The smallest absolute Gasteiger partial charge is 0.308 e. The largest absolute Gasteiger partial charge is 0.427 e. The highest BCUT2D eigenvalue weighted by molar-refractivity contribution is 5.69. The number of carbonyl (C=O) groups is 2. The van der Waals surface area contributed by atoms with E-state index in [-0.39, 0.29) is 5.97 Å². The number of benzene rings is 1. The molecular weight excluding hydrogens is 180 g/mol. The predicted molar refractivity (Wildman–Crippen MR) is 52.1 cm³/mol. The first-order chi connectivity index (χ1) is 6.72. The average Bonchev–Trinajstić information content (AvgIpc) is 2.16. The first-order valence-electron chi connectivity index (χ1n) is 4.43. The van der Waals surface area contributed by atoms with E-state index in [1.54, 1.807) is 12.1 Å². The lowest BCUT2D eigenvalue weighted by atomic mass is 10.1. The van der Waals surface area contributed by atoms with Gasteiger partial charge in [-0.05, 0) is 24.1 Å². The maximum absolute atomic E-state index is 10.6. The second-order valence-electron chi connectivity index (χ2n) is 2.94. The van der Waals surface area contributed by atoms with Crippen LogP contribution >= 0.6 is 0 Å². The van der Waals surface area contributed by atoms with Gasteiger partial charge in [0.25, 0.3) is 0 Å². The van der Waals surface area contributed by atoms with Crippen molar-refractivity contribution in [1.29, 1.82) is 0 Å². The molecule has 0 aliphatic heterocycles. The van der Waals surface area contributed by atoms with E-state index < -0.39 is 0 Å². The molecule has 0 saturated carbocycles. The monoisotopic (exact) mass is 192 g/mol. The van der Waals surface area contributed by atoms with Gasteiger partial charge in [0, 0.05) is 13.3 Å². The fourth-order valence-corrected chi connectivity index (χ4v) is 1.12. The Balaban J connectivity index is 2.58. The molecule has 1 rings (SSSR count). The van der Waals surface area contributed by atoms with Crippen molar-refractivity contribution in [3.8, 4) is 5.75 Å². The van der Waals surface area contributed by atoms with Crippen molar-refractivity contribution in [2.24, 2.45) is 0 Å². The first kappa shape index (κ1) is 10.4. The molecule has 0 unspecified atom stereocenters. The van der Waals surface area contributed by atoms with E-state index in [9.17, 15) is 9.59 Å². The van der Waals surface area contributed by atoms with Crippen molar-refractivity contribution in [2.45, 2.75) is 19.8 Å². The molecule has 0 heterocycles. The number of aryl methyl sites for hydroxylation is 1. The molecule has 0 fully saturated rings. The van der Waals surface area contributed by atoms with Crippen LogP contribution < -0.4 is 4.74 Å². The van der Waals surface area contributed by atoms with Crippen molar-refractivity contribution in [3.63, 3.8) is 0 Å². The molecule has 0 saturated heterocycles. The zero-order valence-corrected chi connectivity index (χ0v) is 8.03. The summed E-state index contributed by atoms with van der Waals surface area (Å²) < 4.78 is 4.87. The van der Waals surface area contributed by atoms with Crippen LogP contribution in [-0.2, 0) is 16.0 Å². The van der Waals surface area contributed by atoms with E-state index in [4.69, 9.17) is 4.74 Å². The Morgan fingerprint density at radius 1 is 1.36 bits per heavy atom. The van der Waals surface area contributed by atoms with Crippen LogP contribution in [0.3, 0.4) is 0 Å². The number of rotatable bonds is 4. The minimum atomic E-state index is -0.328. The summed E-state index contributed by atoms with van der Waals surface area (Å²) in [5.74, 6) is 0.206. The lowest BCUT2D eigenvalue weighted by Crippen LogP contribution is -2.01. The molecule has 0 aromatic heterocycles. The Morgan fingerprint density at radius 2 is 2.00 bits per heavy atom. The molecule has 3 heteroatoms. The Bertz CT molecular complexity index is 314. The zero-order chi connectivity index (χ0) is 10.4. The summed E-state index contributed by atoms with van der Waals surface area (Å²) in [7, 11) is 0. The van der Waals surface area contributed by atoms with Crippen LogP contribution in [0.1, 0.15) is 18.9 Å². The minimum absolute atomic E-state index is 0.328. The molecule has 0 atom stereocenters. The second-order valence-corrected chi connectivity index (χ2v) is 2.94. The predicted octanol–water partition coefficient (Wildman–Crippen LogP) is 1.74. The van der Waals surface area contributed by atoms with Crippen LogP contribution in [0.4, 0.5) is 0 Å². The summed E-state index contributed by atoms with van der Waals surface area (Å²) in [5.41, 5.74) is 1.06. The normalized spacial score (nSPS) is 9.50. The molecule has 0 N–H and O–H groups in total. The maximum atomic E-state index is 10.6. The lowest BCUT2D eigenvalue weighted by Gasteiger charge is -2.02. The van der Waals surface area contributed by atoms with Crippen LogP contribution in [0.25, 0.3) is 0 Å². The molecule has 1 aromatic carbocycles. The quantitative estimate of drug-likeness (QED) is 0.414. The SMILES string of the molecule is CC(=O)Oc1ccc(CCC=O)cc1. The number of aldehydes is 1. The minimum Gasteiger partial charge on any atom is -0.427 e. The van der Waals surface area contributed by atoms with Crippen LogP contribution in [0, 0.1) is 0 Å². The third kappa shape index (κ3) is 3.39. The van der Waals surface area contributed by atoms with Crippen LogP contribution in [-0.4, -0.2) is 12.3 Å². The second kappa shape index (κ2) is 5.17. The number of hydrogen-bond acceptors (Lipinski definition) is 3. The van der Waals surface area contributed by atoms with Gasteiger partial charge in [-0.15, -0.1) is 0 Å². The maximum Gasteiger partial charge on any atom is 0.308 e. The van der Waals surface area contributed by atoms with Gasteiger partial charge < -0.3 is 9.53 Å². The number of hydrogen-bond donors (Lipinski definition) is 0.